The van der Waals surface area contributed by atoms with E-state index in [4.69, 9.17) is 4.74 Å². The summed E-state index contributed by atoms with van der Waals surface area (Å²) in [7, 11) is 0. The van der Waals surface area contributed by atoms with Gasteiger partial charge >= 0.3 is 0 Å². The molecule has 1 aliphatic heterocycles. The second-order valence-corrected chi connectivity index (χ2v) is 6.72. The first-order valence-electron chi connectivity index (χ1n) is 8.61. The smallest absolute Gasteiger partial charge is 0.240 e. The first-order valence-corrected chi connectivity index (χ1v) is 8.61. The third kappa shape index (κ3) is 4.21. The zero-order valence-electron chi connectivity index (χ0n) is 15.0. The molecule has 0 aromatic heterocycles. The predicted molar refractivity (Wildman–Crippen MR) is 100 cm³/mol. The molecular weight excluding hydrogens is 330 g/mol. The van der Waals surface area contributed by atoms with Crippen LogP contribution in [0.1, 0.15) is 13.8 Å². The van der Waals surface area contributed by atoms with E-state index in [0.29, 0.717) is 24.5 Å². The molecule has 2 amide bonds. The molecule has 2 N–H and O–H groups in total. The Morgan fingerprint density at radius 1 is 1.12 bits per heavy atom. The maximum Gasteiger partial charge on any atom is 0.240 e. The minimum absolute atomic E-state index is 0.0565. The van der Waals surface area contributed by atoms with Gasteiger partial charge in [0.2, 0.25) is 11.8 Å². The lowest BCUT2D eigenvalue weighted by atomic mass is 9.99. The normalized spacial score (nSPS) is 16.6. The van der Waals surface area contributed by atoms with E-state index in [0.717, 1.165) is 5.75 Å². The maximum atomic E-state index is 12.3. The summed E-state index contributed by atoms with van der Waals surface area (Å²) in [6, 6.07) is 16.7. The summed E-state index contributed by atoms with van der Waals surface area (Å²) in [4.78, 5) is 26.2. The van der Waals surface area contributed by atoms with Gasteiger partial charge in [-0.25, -0.2) is 0 Å². The van der Waals surface area contributed by atoms with Gasteiger partial charge in [-0.2, -0.15) is 0 Å². The zero-order chi connectivity index (χ0) is 18.6. The Labute approximate surface area is 153 Å². The van der Waals surface area contributed by atoms with Crippen LogP contribution in [-0.2, 0) is 9.59 Å². The number of anilines is 1. The Morgan fingerprint density at radius 3 is 2.46 bits per heavy atom. The molecule has 3 rings (SSSR count). The van der Waals surface area contributed by atoms with Crippen molar-refractivity contribution in [1.82, 2.24) is 10.2 Å². The van der Waals surface area contributed by atoms with Crippen LogP contribution < -0.4 is 15.4 Å². The molecule has 0 atom stereocenters. The average molecular weight is 353 g/mol. The van der Waals surface area contributed by atoms with E-state index >= 15 is 0 Å². The highest BCUT2D eigenvalue weighted by Crippen LogP contribution is 2.23. The Morgan fingerprint density at radius 2 is 1.77 bits per heavy atom. The molecule has 1 fully saturated rings. The van der Waals surface area contributed by atoms with Crippen LogP contribution >= 0.6 is 0 Å². The van der Waals surface area contributed by atoms with Crippen molar-refractivity contribution in [3.63, 3.8) is 0 Å². The number of piperazine rings is 1. The van der Waals surface area contributed by atoms with Crippen molar-refractivity contribution in [2.24, 2.45) is 0 Å². The Hall–Kier alpha value is -2.86. The maximum absolute atomic E-state index is 12.3. The van der Waals surface area contributed by atoms with E-state index in [1.807, 2.05) is 49.1 Å². The van der Waals surface area contributed by atoms with E-state index in [1.165, 1.54) is 0 Å². The Balaban J connectivity index is 1.57. The number of hydrogen-bond donors (Lipinski definition) is 2. The van der Waals surface area contributed by atoms with Crippen LogP contribution in [-0.4, -0.2) is 41.9 Å². The van der Waals surface area contributed by atoms with Crippen LogP contribution in [0.3, 0.4) is 0 Å². The lowest BCUT2D eigenvalue weighted by molar-refractivity contribution is -0.136. The molecule has 2 aromatic rings. The first-order chi connectivity index (χ1) is 12.4. The fraction of sp³-hybridized carbons (Fsp3) is 0.300. The van der Waals surface area contributed by atoms with Crippen molar-refractivity contribution in [1.29, 1.82) is 0 Å². The van der Waals surface area contributed by atoms with Gasteiger partial charge in [0.1, 0.15) is 11.5 Å². The lowest BCUT2D eigenvalue weighted by Crippen LogP contribution is -2.62. The van der Waals surface area contributed by atoms with Gasteiger partial charge in [0.25, 0.3) is 0 Å². The SMILES string of the molecule is CC1(C)C(=O)NCCN1CC(=O)Nc1ccc(Oc2ccccc2)cc1. The summed E-state index contributed by atoms with van der Waals surface area (Å²) in [6.45, 7) is 5.02. The van der Waals surface area contributed by atoms with E-state index in [-0.39, 0.29) is 18.4 Å². The molecule has 0 aliphatic carbocycles. The van der Waals surface area contributed by atoms with Crippen molar-refractivity contribution >= 4 is 17.5 Å². The third-order valence-electron chi connectivity index (χ3n) is 4.46. The standard InChI is InChI=1S/C20H23N3O3/c1-20(2)19(25)21-12-13-23(20)14-18(24)22-15-8-10-17(11-9-15)26-16-6-4-3-5-7-16/h3-11H,12-14H2,1-2H3,(H,21,25)(H,22,24). The molecule has 0 bridgehead atoms. The molecule has 0 unspecified atom stereocenters. The monoisotopic (exact) mass is 353 g/mol. The van der Waals surface area contributed by atoms with Crippen LogP contribution in [0.25, 0.3) is 0 Å². The molecular formula is C20H23N3O3. The number of rotatable bonds is 5. The predicted octanol–water partition coefficient (Wildman–Crippen LogP) is 2.63. The van der Waals surface area contributed by atoms with Gasteiger partial charge in [-0.05, 0) is 50.2 Å². The van der Waals surface area contributed by atoms with Crippen molar-refractivity contribution in [3.05, 3.63) is 54.6 Å². The number of nitrogens with zero attached hydrogens (tertiary/aromatic N) is 1. The molecule has 26 heavy (non-hydrogen) atoms. The minimum atomic E-state index is -0.691. The van der Waals surface area contributed by atoms with Crippen LogP contribution in [0, 0.1) is 0 Å². The van der Waals surface area contributed by atoms with E-state index in [1.54, 1.807) is 24.3 Å². The van der Waals surface area contributed by atoms with E-state index < -0.39 is 5.54 Å². The number of ether oxygens (including phenoxy) is 1. The van der Waals surface area contributed by atoms with Crippen molar-refractivity contribution in [3.8, 4) is 11.5 Å². The van der Waals surface area contributed by atoms with Gasteiger partial charge in [-0.1, -0.05) is 18.2 Å². The second-order valence-electron chi connectivity index (χ2n) is 6.72. The Kier molecular flexibility index (Phi) is 5.23. The number of carbonyl (C=O) groups excluding carboxylic acids is 2. The summed E-state index contributed by atoms with van der Waals surface area (Å²) in [5.41, 5.74) is -0.00198. The number of hydrogen-bond acceptors (Lipinski definition) is 4. The lowest BCUT2D eigenvalue weighted by Gasteiger charge is -2.40. The van der Waals surface area contributed by atoms with E-state index in [9.17, 15) is 9.59 Å². The number of carbonyl (C=O) groups is 2. The summed E-state index contributed by atoms with van der Waals surface area (Å²) >= 11 is 0. The average Bonchev–Trinajstić information content (AvgIpc) is 2.62. The molecule has 0 spiro atoms. The topological polar surface area (TPSA) is 70.7 Å². The molecule has 2 aromatic carbocycles. The summed E-state index contributed by atoms with van der Waals surface area (Å²) in [5, 5.41) is 5.69. The molecule has 136 valence electrons. The molecule has 6 heteroatoms. The number of para-hydroxylation sites is 1. The van der Waals surface area contributed by atoms with Crippen molar-refractivity contribution in [2.75, 3.05) is 25.0 Å². The number of nitrogens with one attached hydrogen (secondary N) is 2. The molecule has 1 heterocycles. The molecule has 1 saturated heterocycles. The van der Waals surface area contributed by atoms with Gasteiger partial charge in [-0.3, -0.25) is 14.5 Å². The molecule has 0 saturated carbocycles. The van der Waals surface area contributed by atoms with Gasteiger partial charge in [0.05, 0.1) is 12.1 Å². The number of amides is 2. The highest BCUT2D eigenvalue weighted by Gasteiger charge is 2.38. The summed E-state index contributed by atoms with van der Waals surface area (Å²) < 4.78 is 5.73. The zero-order valence-corrected chi connectivity index (χ0v) is 15.0. The molecule has 1 aliphatic rings. The van der Waals surface area contributed by atoms with Crippen molar-refractivity contribution in [2.45, 2.75) is 19.4 Å². The van der Waals surface area contributed by atoms with Crippen LogP contribution in [0.15, 0.2) is 54.6 Å². The fourth-order valence-electron chi connectivity index (χ4n) is 2.83. The third-order valence-corrected chi connectivity index (χ3v) is 4.46. The first kappa shape index (κ1) is 17.9. The van der Waals surface area contributed by atoms with Crippen molar-refractivity contribution < 1.29 is 14.3 Å². The highest BCUT2D eigenvalue weighted by molar-refractivity contribution is 5.93. The fourth-order valence-corrected chi connectivity index (χ4v) is 2.83. The summed E-state index contributed by atoms with van der Waals surface area (Å²) in [5.74, 6) is 1.25. The quantitative estimate of drug-likeness (QED) is 0.867. The van der Waals surface area contributed by atoms with Crippen LogP contribution in [0.2, 0.25) is 0 Å². The minimum Gasteiger partial charge on any atom is -0.457 e. The number of benzene rings is 2. The van der Waals surface area contributed by atoms with Gasteiger partial charge < -0.3 is 15.4 Å². The van der Waals surface area contributed by atoms with E-state index in [2.05, 4.69) is 10.6 Å². The van der Waals surface area contributed by atoms with Gasteiger partial charge in [0, 0.05) is 18.8 Å². The Bertz CT molecular complexity index is 773. The van der Waals surface area contributed by atoms with Gasteiger partial charge in [-0.15, -0.1) is 0 Å². The van der Waals surface area contributed by atoms with Crippen LogP contribution in [0.4, 0.5) is 5.69 Å². The summed E-state index contributed by atoms with van der Waals surface area (Å²) in [6.07, 6.45) is 0. The van der Waals surface area contributed by atoms with Gasteiger partial charge in [0.15, 0.2) is 0 Å². The van der Waals surface area contributed by atoms with Crippen LogP contribution in [0.5, 0.6) is 11.5 Å². The molecule has 0 radical (unpaired) electrons. The molecule has 6 nitrogen and oxygen atoms in total. The second kappa shape index (κ2) is 7.58. The highest BCUT2D eigenvalue weighted by atomic mass is 16.5. The largest absolute Gasteiger partial charge is 0.457 e.